The molecular weight excluding hydrogens is 376 g/mol. The van der Waals surface area contributed by atoms with Crippen LogP contribution in [-0.4, -0.2) is 19.0 Å². The topological polar surface area (TPSA) is 35.5 Å². The summed E-state index contributed by atoms with van der Waals surface area (Å²) in [6, 6.07) is 3.71. The lowest BCUT2D eigenvalue weighted by molar-refractivity contribution is -0.150. The first-order valence-corrected chi connectivity index (χ1v) is 7.74. The highest BCUT2D eigenvalue weighted by Gasteiger charge is 2.51. The fraction of sp³-hybridized carbons (Fsp3) is 0.500. The minimum absolute atomic E-state index is 0.0541. The van der Waals surface area contributed by atoms with E-state index in [9.17, 15) is 4.79 Å². The zero-order valence-corrected chi connectivity index (χ0v) is 14.3. The van der Waals surface area contributed by atoms with E-state index in [2.05, 4.69) is 31.9 Å². The van der Waals surface area contributed by atoms with Crippen molar-refractivity contribution < 1.29 is 14.3 Å². The Kier molecular flexibility index (Phi) is 4.26. The summed E-state index contributed by atoms with van der Waals surface area (Å²) in [5, 5.41) is 0. The number of carbonyl (C=O) groups excluding carboxylic acids is 1. The van der Waals surface area contributed by atoms with Crippen LogP contribution < -0.4 is 9.47 Å². The minimum Gasteiger partial charge on any atom is -0.496 e. The van der Waals surface area contributed by atoms with E-state index in [1.165, 1.54) is 0 Å². The first kappa shape index (κ1) is 14.9. The van der Waals surface area contributed by atoms with Gasteiger partial charge in [0, 0.05) is 6.42 Å². The van der Waals surface area contributed by atoms with E-state index < -0.39 is 0 Å². The van der Waals surface area contributed by atoms with Gasteiger partial charge in [0.2, 0.25) is 0 Å². The fourth-order valence-corrected chi connectivity index (χ4v) is 3.08. The summed E-state index contributed by atoms with van der Waals surface area (Å²) in [7, 11) is 1.62. The Morgan fingerprint density at radius 3 is 2.42 bits per heavy atom. The van der Waals surface area contributed by atoms with Crippen LogP contribution in [-0.2, 0) is 4.79 Å². The van der Waals surface area contributed by atoms with Crippen LogP contribution in [0.5, 0.6) is 11.5 Å². The van der Waals surface area contributed by atoms with Crippen LogP contribution >= 0.6 is 31.9 Å². The molecule has 0 radical (unpaired) electrons. The average Bonchev–Trinajstić information content (AvgIpc) is 2.40. The summed E-state index contributed by atoms with van der Waals surface area (Å²) in [6.07, 6.45) is 1.23. The van der Waals surface area contributed by atoms with Crippen molar-refractivity contribution in [1.82, 2.24) is 0 Å². The third kappa shape index (κ3) is 2.55. The Morgan fingerprint density at radius 2 is 1.89 bits per heavy atom. The molecule has 1 aromatic carbocycles. The molecule has 1 aromatic rings. The Bertz CT molecular complexity index is 516. The monoisotopic (exact) mass is 390 g/mol. The number of ketones is 1. The molecule has 104 valence electrons. The maximum absolute atomic E-state index is 11.7. The van der Waals surface area contributed by atoms with Gasteiger partial charge in [-0.15, -0.1) is 0 Å². The molecule has 5 heteroatoms. The molecule has 2 atom stereocenters. The van der Waals surface area contributed by atoms with Crippen LogP contribution in [0.25, 0.3) is 0 Å². The van der Waals surface area contributed by atoms with E-state index in [-0.39, 0.29) is 17.3 Å². The highest BCUT2D eigenvalue weighted by atomic mass is 79.9. The number of hydrogen-bond acceptors (Lipinski definition) is 3. The van der Waals surface area contributed by atoms with Crippen LogP contribution in [0.2, 0.25) is 0 Å². The van der Waals surface area contributed by atoms with E-state index >= 15 is 0 Å². The maximum Gasteiger partial charge on any atom is 0.146 e. The van der Waals surface area contributed by atoms with Gasteiger partial charge in [-0.3, -0.25) is 4.79 Å². The molecule has 1 aliphatic rings. The lowest BCUT2D eigenvalue weighted by Crippen LogP contribution is -2.54. The van der Waals surface area contributed by atoms with Crippen molar-refractivity contribution in [1.29, 1.82) is 0 Å². The number of halogens is 2. The van der Waals surface area contributed by atoms with E-state index in [0.717, 1.165) is 26.9 Å². The van der Waals surface area contributed by atoms with E-state index in [4.69, 9.17) is 9.47 Å². The van der Waals surface area contributed by atoms with Crippen molar-refractivity contribution in [2.45, 2.75) is 32.8 Å². The Balaban J connectivity index is 2.21. The molecule has 0 spiro atoms. The Labute approximate surface area is 129 Å². The Hall–Kier alpha value is -0.550. The van der Waals surface area contributed by atoms with Gasteiger partial charge >= 0.3 is 0 Å². The zero-order valence-electron chi connectivity index (χ0n) is 11.1. The molecule has 2 unspecified atom stereocenters. The summed E-state index contributed by atoms with van der Waals surface area (Å²) in [6.45, 7) is 3.99. The van der Waals surface area contributed by atoms with E-state index in [1.807, 2.05) is 26.0 Å². The molecule has 2 rings (SSSR count). The molecule has 0 amide bonds. The van der Waals surface area contributed by atoms with Crippen molar-refractivity contribution >= 4 is 37.6 Å². The quantitative estimate of drug-likeness (QED) is 0.764. The molecule has 0 N–H and O–H groups in total. The lowest BCUT2D eigenvalue weighted by Gasteiger charge is -2.44. The second-order valence-corrected chi connectivity index (χ2v) is 6.63. The fourth-order valence-electron chi connectivity index (χ4n) is 2.18. The number of benzene rings is 1. The predicted molar refractivity (Wildman–Crippen MR) is 80.8 cm³/mol. The van der Waals surface area contributed by atoms with Gasteiger partial charge in [0.1, 0.15) is 23.4 Å². The summed E-state index contributed by atoms with van der Waals surface area (Å²) in [5.41, 5.74) is -0.355. The van der Waals surface area contributed by atoms with Gasteiger partial charge in [0.15, 0.2) is 0 Å². The normalized spacial score (nSPS) is 25.9. The van der Waals surface area contributed by atoms with Crippen LogP contribution in [0, 0.1) is 5.41 Å². The van der Waals surface area contributed by atoms with Crippen molar-refractivity contribution in [3.05, 3.63) is 21.1 Å². The van der Waals surface area contributed by atoms with Gasteiger partial charge in [-0.1, -0.05) is 6.92 Å². The first-order valence-electron chi connectivity index (χ1n) is 6.15. The molecule has 0 heterocycles. The van der Waals surface area contributed by atoms with Crippen LogP contribution in [0.3, 0.4) is 0 Å². The minimum atomic E-state index is -0.355. The molecular formula is C14H16Br2O3. The second kappa shape index (κ2) is 5.44. The van der Waals surface area contributed by atoms with Gasteiger partial charge in [0.25, 0.3) is 0 Å². The van der Waals surface area contributed by atoms with Crippen LogP contribution in [0.1, 0.15) is 26.7 Å². The molecule has 0 saturated heterocycles. The van der Waals surface area contributed by atoms with Gasteiger partial charge < -0.3 is 9.47 Å². The van der Waals surface area contributed by atoms with Crippen LogP contribution in [0.4, 0.5) is 0 Å². The van der Waals surface area contributed by atoms with E-state index in [0.29, 0.717) is 6.42 Å². The predicted octanol–water partition coefficient (Wildman–Crippen LogP) is 4.36. The molecule has 1 fully saturated rings. The summed E-state index contributed by atoms with van der Waals surface area (Å²) in [5.74, 6) is 1.75. The number of rotatable bonds is 4. The number of hydrogen-bond donors (Lipinski definition) is 0. The molecule has 0 aromatic heterocycles. The Morgan fingerprint density at radius 1 is 1.32 bits per heavy atom. The highest BCUT2D eigenvalue weighted by molar-refractivity contribution is 9.11. The molecule has 0 aliphatic heterocycles. The smallest absolute Gasteiger partial charge is 0.146 e. The summed E-state index contributed by atoms with van der Waals surface area (Å²) >= 11 is 6.90. The number of ether oxygens (including phenoxy) is 2. The molecule has 3 nitrogen and oxygen atoms in total. The average molecular weight is 392 g/mol. The third-order valence-corrected chi connectivity index (χ3v) is 5.17. The lowest BCUT2D eigenvalue weighted by atomic mass is 9.64. The second-order valence-electron chi connectivity index (χ2n) is 4.92. The number of methoxy groups -OCH3 is 1. The summed E-state index contributed by atoms with van der Waals surface area (Å²) < 4.78 is 12.9. The molecule has 1 aliphatic carbocycles. The third-order valence-electron chi connectivity index (χ3n) is 3.93. The van der Waals surface area contributed by atoms with E-state index in [1.54, 1.807) is 7.11 Å². The molecule has 19 heavy (non-hydrogen) atoms. The van der Waals surface area contributed by atoms with Crippen molar-refractivity contribution in [3.8, 4) is 11.5 Å². The van der Waals surface area contributed by atoms with Gasteiger partial charge in [-0.25, -0.2) is 0 Å². The van der Waals surface area contributed by atoms with Gasteiger partial charge in [-0.2, -0.15) is 0 Å². The number of carbonyl (C=O) groups is 1. The van der Waals surface area contributed by atoms with Crippen molar-refractivity contribution in [3.63, 3.8) is 0 Å². The largest absolute Gasteiger partial charge is 0.496 e. The van der Waals surface area contributed by atoms with Gasteiger partial charge in [-0.05, 0) is 57.3 Å². The van der Waals surface area contributed by atoms with Crippen LogP contribution in [0.15, 0.2) is 21.1 Å². The van der Waals surface area contributed by atoms with Gasteiger partial charge in [0.05, 0.1) is 21.5 Å². The SMILES string of the molecule is CCC1(C)C(=O)CC1Oc1cc(Br)c(OC)cc1Br. The first-order chi connectivity index (χ1) is 8.92. The summed E-state index contributed by atoms with van der Waals surface area (Å²) in [4.78, 5) is 11.7. The molecule has 0 bridgehead atoms. The zero-order chi connectivity index (χ0) is 14.2. The number of Topliss-reactive ketones (excluding diaryl/α,β-unsaturated/α-hetero) is 1. The van der Waals surface area contributed by atoms with Crippen molar-refractivity contribution in [2.75, 3.05) is 7.11 Å². The molecule has 1 saturated carbocycles. The standard InChI is InChI=1S/C14H16Br2O3/c1-4-14(2)12(17)7-13(14)19-11-6-8(15)10(18-3)5-9(11)16/h5-6,13H,4,7H2,1-3H3. The highest BCUT2D eigenvalue weighted by Crippen LogP contribution is 2.45. The maximum atomic E-state index is 11.7. The van der Waals surface area contributed by atoms with Crippen molar-refractivity contribution in [2.24, 2.45) is 5.41 Å².